The van der Waals surface area contributed by atoms with E-state index in [1.165, 1.54) is 6.07 Å². The number of hydrogen-bond acceptors (Lipinski definition) is 4. The van der Waals surface area contributed by atoms with Crippen LogP contribution in [0.25, 0.3) is 10.8 Å². The molecule has 0 spiro atoms. The lowest BCUT2D eigenvalue weighted by Gasteiger charge is -2.17. The number of halogens is 1. The summed E-state index contributed by atoms with van der Waals surface area (Å²) in [5.74, 6) is -0.915. The van der Waals surface area contributed by atoms with Crippen molar-refractivity contribution in [3.8, 4) is 0 Å². The van der Waals surface area contributed by atoms with Gasteiger partial charge in [-0.2, -0.15) is 10.2 Å². The molecule has 150 valence electrons. The zero-order valence-electron chi connectivity index (χ0n) is 16.2. The van der Waals surface area contributed by atoms with Crippen molar-refractivity contribution in [2.75, 3.05) is 0 Å². The molecule has 0 atom stereocenters. The van der Waals surface area contributed by atoms with Gasteiger partial charge in [-0.3, -0.25) is 14.3 Å². The summed E-state index contributed by atoms with van der Waals surface area (Å²) in [6.07, 6.45) is 2.10. The van der Waals surface area contributed by atoms with E-state index in [4.69, 9.17) is 0 Å². The third kappa shape index (κ3) is 2.97. The number of nitrogens with one attached hydrogen (secondary N) is 1. The Morgan fingerprint density at radius 3 is 2.77 bits per heavy atom. The van der Waals surface area contributed by atoms with Gasteiger partial charge in [0.1, 0.15) is 5.82 Å². The van der Waals surface area contributed by atoms with Crippen LogP contribution >= 0.6 is 0 Å². The number of fused-ring (bicyclic) bond motifs is 2. The summed E-state index contributed by atoms with van der Waals surface area (Å²) in [4.78, 5) is 26.6. The topological polar surface area (TPSA) is 83.9 Å². The van der Waals surface area contributed by atoms with Gasteiger partial charge in [0, 0.05) is 31.0 Å². The van der Waals surface area contributed by atoms with Gasteiger partial charge < -0.3 is 4.90 Å². The smallest absolute Gasteiger partial charge is 0.272 e. The third-order valence-electron chi connectivity index (χ3n) is 5.54. The van der Waals surface area contributed by atoms with E-state index in [9.17, 15) is 14.0 Å². The first-order valence-electron chi connectivity index (χ1n) is 9.55. The van der Waals surface area contributed by atoms with Gasteiger partial charge in [0.05, 0.1) is 35.1 Å². The number of amides is 1. The Morgan fingerprint density at radius 2 is 1.97 bits per heavy atom. The largest absolute Gasteiger partial charge is 0.328 e. The second-order valence-electron chi connectivity index (χ2n) is 7.44. The number of carbonyl (C=O) groups excluding carboxylic acids is 1. The molecular formula is C22H18FN5O2. The second kappa shape index (κ2) is 6.91. The van der Waals surface area contributed by atoms with Crippen LogP contribution in [-0.2, 0) is 26.6 Å². The van der Waals surface area contributed by atoms with Crippen LogP contribution in [0.4, 0.5) is 4.39 Å². The van der Waals surface area contributed by atoms with E-state index in [2.05, 4.69) is 15.3 Å². The fraction of sp³-hybridized carbons (Fsp3) is 0.182. The highest BCUT2D eigenvalue weighted by Crippen LogP contribution is 2.25. The van der Waals surface area contributed by atoms with Crippen molar-refractivity contribution < 1.29 is 9.18 Å². The minimum atomic E-state index is -0.558. The standard InChI is InChI=1S/C22H18FN5O2/c1-27-20-12-28(11-14(20)10-24-27)22(30)17-8-13(6-7-18(17)23)9-19-15-4-2-3-5-16(15)21(29)26-25-19/h2-8,10H,9,11-12H2,1H3,(H,26,29). The van der Waals surface area contributed by atoms with Gasteiger partial charge >= 0.3 is 0 Å². The first-order valence-corrected chi connectivity index (χ1v) is 9.55. The van der Waals surface area contributed by atoms with Crippen molar-refractivity contribution in [3.05, 3.63) is 92.9 Å². The average Bonchev–Trinajstić information content (AvgIpc) is 3.33. The van der Waals surface area contributed by atoms with E-state index in [1.54, 1.807) is 40.0 Å². The number of H-pyrrole nitrogens is 1. The molecule has 0 saturated carbocycles. The van der Waals surface area contributed by atoms with Crippen molar-refractivity contribution in [3.63, 3.8) is 0 Å². The van der Waals surface area contributed by atoms with Gasteiger partial charge in [0.25, 0.3) is 11.5 Å². The van der Waals surface area contributed by atoms with E-state index in [0.29, 0.717) is 30.6 Å². The predicted molar refractivity (Wildman–Crippen MR) is 108 cm³/mol. The molecule has 0 aliphatic carbocycles. The summed E-state index contributed by atoms with van der Waals surface area (Å²) >= 11 is 0. The van der Waals surface area contributed by atoms with Crippen LogP contribution in [0, 0.1) is 5.82 Å². The number of benzene rings is 2. The highest BCUT2D eigenvalue weighted by molar-refractivity contribution is 5.95. The molecule has 0 fully saturated rings. The van der Waals surface area contributed by atoms with Gasteiger partial charge in [0.2, 0.25) is 0 Å². The molecule has 1 aliphatic heterocycles. The summed E-state index contributed by atoms with van der Waals surface area (Å²) < 4.78 is 16.3. The molecule has 0 saturated heterocycles. The molecule has 4 aromatic rings. The van der Waals surface area contributed by atoms with Gasteiger partial charge in [-0.25, -0.2) is 9.49 Å². The van der Waals surface area contributed by atoms with E-state index in [-0.39, 0.29) is 17.0 Å². The van der Waals surface area contributed by atoms with Gasteiger partial charge in [0.15, 0.2) is 0 Å². The quantitative estimate of drug-likeness (QED) is 0.570. The van der Waals surface area contributed by atoms with Crippen molar-refractivity contribution in [1.29, 1.82) is 0 Å². The normalized spacial score (nSPS) is 13.1. The molecule has 8 heteroatoms. The summed E-state index contributed by atoms with van der Waals surface area (Å²) in [6, 6.07) is 11.7. The highest BCUT2D eigenvalue weighted by Gasteiger charge is 2.28. The summed E-state index contributed by atoms with van der Waals surface area (Å²) in [5.41, 5.74) is 3.11. The maximum atomic E-state index is 14.5. The number of rotatable bonds is 3. The molecule has 2 aromatic carbocycles. The summed E-state index contributed by atoms with van der Waals surface area (Å²) in [7, 11) is 1.83. The van der Waals surface area contributed by atoms with Crippen LogP contribution < -0.4 is 5.56 Å². The first kappa shape index (κ1) is 18.2. The van der Waals surface area contributed by atoms with E-state index < -0.39 is 5.82 Å². The summed E-state index contributed by atoms with van der Waals surface area (Å²) in [5, 5.41) is 12.1. The molecule has 0 unspecified atom stereocenters. The SMILES string of the molecule is Cn1ncc2c1CN(C(=O)c1cc(Cc3n[nH]c(=O)c4ccccc34)ccc1F)C2. The van der Waals surface area contributed by atoms with E-state index >= 15 is 0 Å². The minimum absolute atomic E-state index is 0.0296. The van der Waals surface area contributed by atoms with E-state index in [1.807, 2.05) is 19.2 Å². The van der Waals surface area contributed by atoms with Crippen LogP contribution in [0.3, 0.4) is 0 Å². The fourth-order valence-electron chi connectivity index (χ4n) is 3.95. The Balaban J connectivity index is 1.45. The number of nitrogens with zero attached hydrogens (tertiary/aromatic N) is 4. The molecule has 7 nitrogen and oxygen atoms in total. The predicted octanol–water partition coefficient (Wildman–Crippen LogP) is 2.54. The molecule has 30 heavy (non-hydrogen) atoms. The molecule has 0 radical (unpaired) electrons. The van der Waals surface area contributed by atoms with E-state index in [0.717, 1.165) is 22.2 Å². The second-order valence-corrected chi connectivity index (χ2v) is 7.44. The van der Waals surface area contributed by atoms with Crippen molar-refractivity contribution >= 4 is 16.7 Å². The summed E-state index contributed by atoms with van der Waals surface area (Å²) in [6.45, 7) is 0.818. The first-order chi connectivity index (χ1) is 14.5. The minimum Gasteiger partial charge on any atom is -0.328 e. The maximum Gasteiger partial charge on any atom is 0.272 e. The molecule has 1 N–H and O–H groups in total. The Morgan fingerprint density at radius 1 is 1.17 bits per heavy atom. The molecule has 1 aliphatic rings. The van der Waals surface area contributed by atoms with Gasteiger partial charge in [-0.05, 0) is 23.8 Å². The molecule has 0 bridgehead atoms. The van der Waals surface area contributed by atoms with Crippen LogP contribution in [0.5, 0.6) is 0 Å². The lowest BCUT2D eigenvalue weighted by molar-refractivity contribution is 0.0743. The lowest BCUT2D eigenvalue weighted by Crippen LogP contribution is -2.27. The Bertz CT molecular complexity index is 1360. The molecule has 5 rings (SSSR count). The Hall–Kier alpha value is -3.81. The number of aromatic amines is 1. The van der Waals surface area contributed by atoms with Crippen molar-refractivity contribution in [2.24, 2.45) is 7.05 Å². The average molecular weight is 403 g/mol. The lowest BCUT2D eigenvalue weighted by atomic mass is 10.0. The van der Waals surface area contributed by atoms with Gasteiger partial charge in [-0.15, -0.1) is 0 Å². The van der Waals surface area contributed by atoms with Crippen LogP contribution in [0.1, 0.15) is 32.9 Å². The zero-order chi connectivity index (χ0) is 20.8. The number of hydrogen-bond donors (Lipinski definition) is 1. The van der Waals surface area contributed by atoms with Crippen LogP contribution in [0.15, 0.2) is 53.5 Å². The number of carbonyl (C=O) groups is 1. The molecule has 1 amide bonds. The number of aromatic nitrogens is 4. The highest BCUT2D eigenvalue weighted by atomic mass is 19.1. The van der Waals surface area contributed by atoms with Crippen LogP contribution in [-0.4, -0.2) is 30.8 Å². The molecular weight excluding hydrogens is 385 g/mol. The fourth-order valence-corrected chi connectivity index (χ4v) is 3.95. The van der Waals surface area contributed by atoms with Crippen molar-refractivity contribution in [1.82, 2.24) is 24.9 Å². The molecule has 3 heterocycles. The number of aryl methyl sites for hydroxylation is 1. The maximum absolute atomic E-state index is 14.5. The van der Waals surface area contributed by atoms with Gasteiger partial charge in [-0.1, -0.05) is 24.3 Å². The van der Waals surface area contributed by atoms with Crippen molar-refractivity contribution in [2.45, 2.75) is 19.5 Å². The Labute approximate surface area is 170 Å². The van der Waals surface area contributed by atoms with Crippen LogP contribution in [0.2, 0.25) is 0 Å². The Kier molecular flexibility index (Phi) is 4.20. The molecule has 2 aromatic heterocycles. The zero-order valence-corrected chi connectivity index (χ0v) is 16.2. The third-order valence-corrected chi connectivity index (χ3v) is 5.54. The monoisotopic (exact) mass is 403 g/mol.